The summed E-state index contributed by atoms with van der Waals surface area (Å²) in [6.07, 6.45) is 0. The smallest absolute Gasteiger partial charge is 0.266 e. The monoisotopic (exact) mass is 227 g/mol. The second-order valence-corrected chi connectivity index (χ2v) is 4.85. The van der Waals surface area contributed by atoms with Crippen LogP contribution >= 0.6 is 0 Å². The van der Waals surface area contributed by atoms with E-state index in [0.717, 1.165) is 5.56 Å². The summed E-state index contributed by atoms with van der Waals surface area (Å²) in [5, 5.41) is 0. The first-order chi connectivity index (χ1) is 7.04. The van der Waals surface area contributed by atoms with Crippen LogP contribution in [-0.2, 0) is 21.4 Å². The second-order valence-electron chi connectivity index (χ2n) is 3.20. The summed E-state index contributed by atoms with van der Waals surface area (Å²) in [6, 6.07) is 4.61. The molecule has 0 radical (unpaired) electrons. The molecule has 2 rings (SSSR count). The molecule has 1 N–H and O–H groups in total. The number of hydrogen-bond donors (Lipinski definition) is 1. The number of amides is 1. The summed E-state index contributed by atoms with van der Waals surface area (Å²) in [7, 11) is -2.13. The molecule has 0 aliphatic carbocycles. The molecule has 0 bridgehead atoms. The molecule has 1 aromatic rings. The van der Waals surface area contributed by atoms with Gasteiger partial charge in [0.25, 0.3) is 15.9 Å². The molecular weight excluding hydrogens is 218 g/mol. The summed E-state index contributed by atoms with van der Waals surface area (Å²) in [5.74, 6) is -0.575. The van der Waals surface area contributed by atoms with Gasteiger partial charge in [-0.05, 0) is 17.7 Å². The molecule has 1 aromatic carbocycles. The summed E-state index contributed by atoms with van der Waals surface area (Å²) >= 11 is 0. The minimum atomic E-state index is -3.65. The number of fused-ring (bicyclic) bond motifs is 1. The zero-order valence-electron chi connectivity index (χ0n) is 7.98. The Kier molecular flexibility index (Phi) is 2.24. The lowest BCUT2D eigenvalue weighted by Gasteiger charge is -2.01. The minimum absolute atomic E-state index is 0.0297. The van der Waals surface area contributed by atoms with Crippen LogP contribution in [0.3, 0.4) is 0 Å². The van der Waals surface area contributed by atoms with Crippen molar-refractivity contribution in [3.05, 3.63) is 29.3 Å². The molecule has 80 valence electrons. The predicted octanol–water partition coefficient (Wildman–Crippen LogP) is 0.265. The Labute approximate surface area is 87.1 Å². The van der Waals surface area contributed by atoms with Crippen molar-refractivity contribution < 1.29 is 17.9 Å². The Morgan fingerprint density at radius 3 is 2.80 bits per heavy atom. The van der Waals surface area contributed by atoms with E-state index < -0.39 is 15.9 Å². The normalized spacial score (nSPS) is 17.3. The van der Waals surface area contributed by atoms with Crippen LogP contribution in [0.15, 0.2) is 23.1 Å². The number of benzene rings is 1. The zero-order valence-corrected chi connectivity index (χ0v) is 8.80. The summed E-state index contributed by atoms with van der Waals surface area (Å²) < 4.78 is 29.7. The van der Waals surface area contributed by atoms with E-state index in [9.17, 15) is 13.2 Å². The van der Waals surface area contributed by atoms with Crippen molar-refractivity contribution in [1.29, 1.82) is 0 Å². The van der Waals surface area contributed by atoms with E-state index in [-0.39, 0.29) is 10.5 Å². The predicted molar refractivity (Wildman–Crippen MR) is 51.8 cm³/mol. The van der Waals surface area contributed by atoms with E-state index in [0.29, 0.717) is 6.61 Å². The van der Waals surface area contributed by atoms with Crippen LogP contribution in [-0.4, -0.2) is 21.4 Å². The van der Waals surface area contributed by atoms with Crippen LogP contribution in [0.4, 0.5) is 0 Å². The third kappa shape index (κ3) is 1.62. The summed E-state index contributed by atoms with van der Waals surface area (Å²) in [5.41, 5.74) is 0.908. The van der Waals surface area contributed by atoms with E-state index >= 15 is 0 Å². The van der Waals surface area contributed by atoms with Gasteiger partial charge in [0, 0.05) is 7.11 Å². The van der Waals surface area contributed by atoms with Gasteiger partial charge in [-0.2, -0.15) is 0 Å². The molecule has 0 spiro atoms. The van der Waals surface area contributed by atoms with Crippen LogP contribution in [0.1, 0.15) is 15.9 Å². The molecule has 1 heterocycles. The number of ether oxygens (including phenoxy) is 1. The number of carbonyl (C=O) groups excluding carboxylic acids is 1. The van der Waals surface area contributed by atoms with Crippen LogP contribution in [0.5, 0.6) is 0 Å². The van der Waals surface area contributed by atoms with Crippen LogP contribution < -0.4 is 4.72 Å². The number of methoxy groups -OCH3 is 1. The van der Waals surface area contributed by atoms with Crippen LogP contribution in [0, 0.1) is 0 Å². The van der Waals surface area contributed by atoms with Crippen LogP contribution in [0.25, 0.3) is 0 Å². The van der Waals surface area contributed by atoms with Gasteiger partial charge in [0.15, 0.2) is 0 Å². The SMILES string of the molecule is COCc1ccc2c(c1)S(=O)(=O)NC2=O. The van der Waals surface area contributed by atoms with Gasteiger partial charge in [0.05, 0.1) is 12.2 Å². The van der Waals surface area contributed by atoms with Gasteiger partial charge in [-0.25, -0.2) is 13.1 Å². The fourth-order valence-electron chi connectivity index (χ4n) is 1.47. The number of nitrogens with one attached hydrogen (secondary N) is 1. The fraction of sp³-hybridized carbons (Fsp3) is 0.222. The molecule has 1 aliphatic rings. The fourth-order valence-corrected chi connectivity index (χ4v) is 2.69. The van der Waals surface area contributed by atoms with Gasteiger partial charge in [0.1, 0.15) is 4.90 Å². The Morgan fingerprint density at radius 1 is 1.40 bits per heavy atom. The van der Waals surface area contributed by atoms with Gasteiger partial charge in [-0.15, -0.1) is 0 Å². The Balaban J connectivity index is 2.57. The third-order valence-electron chi connectivity index (χ3n) is 2.12. The van der Waals surface area contributed by atoms with E-state index in [2.05, 4.69) is 0 Å². The number of rotatable bonds is 2. The van der Waals surface area contributed by atoms with Crippen molar-refractivity contribution in [3.8, 4) is 0 Å². The van der Waals surface area contributed by atoms with Gasteiger partial charge in [0.2, 0.25) is 0 Å². The molecule has 6 heteroatoms. The van der Waals surface area contributed by atoms with Crippen molar-refractivity contribution in [2.75, 3.05) is 7.11 Å². The van der Waals surface area contributed by atoms with Gasteiger partial charge < -0.3 is 4.74 Å². The van der Waals surface area contributed by atoms with E-state index in [4.69, 9.17) is 4.74 Å². The van der Waals surface area contributed by atoms with Gasteiger partial charge >= 0.3 is 0 Å². The summed E-state index contributed by atoms with van der Waals surface area (Å²) in [6.45, 7) is 0.316. The van der Waals surface area contributed by atoms with Crippen molar-refractivity contribution in [1.82, 2.24) is 4.72 Å². The molecule has 5 nitrogen and oxygen atoms in total. The van der Waals surface area contributed by atoms with Crippen LogP contribution in [0.2, 0.25) is 0 Å². The highest BCUT2D eigenvalue weighted by atomic mass is 32.2. The van der Waals surface area contributed by atoms with E-state index in [1.165, 1.54) is 19.2 Å². The van der Waals surface area contributed by atoms with Crippen molar-refractivity contribution in [2.24, 2.45) is 0 Å². The molecule has 0 saturated heterocycles. The lowest BCUT2D eigenvalue weighted by molar-refractivity contribution is 0.0985. The first-order valence-electron chi connectivity index (χ1n) is 4.23. The zero-order chi connectivity index (χ0) is 11.1. The molecular formula is C9H9NO4S. The first-order valence-corrected chi connectivity index (χ1v) is 5.72. The van der Waals surface area contributed by atoms with E-state index in [1.54, 1.807) is 6.07 Å². The molecule has 0 saturated carbocycles. The largest absolute Gasteiger partial charge is 0.380 e. The molecule has 1 aliphatic heterocycles. The van der Waals surface area contributed by atoms with Crippen molar-refractivity contribution in [2.45, 2.75) is 11.5 Å². The molecule has 0 fully saturated rings. The van der Waals surface area contributed by atoms with E-state index in [1.807, 2.05) is 4.72 Å². The molecule has 0 unspecified atom stereocenters. The van der Waals surface area contributed by atoms with Gasteiger partial charge in [-0.1, -0.05) is 6.07 Å². The average molecular weight is 227 g/mol. The number of sulfonamides is 1. The highest BCUT2D eigenvalue weighted by Gasteiger charge is 2.32. The first kappa shape index (κ1) is 10.1. The second kappa shape index (κ2) is 3.32. The third-order valence-corrected chi connectivity index (χ3v) is 3.49. The molecule has 1 amide bonds. The maximum atomic E-state index is 11.4. The molecule has 15 heavy (non-hydrogen) atoms. The number of carbonyl (C=O) groups is 1. The maximum Gasteiger partial charge on any atom is 0.266 e. The quantitative estimate of drug-likeness (QED) is 0.786. The van der Waals surface area contributed by atoms with Crippen molar-refractivity contribution >= 4 is 15.9 Å². The highest BCUT2D eigenvalue weighted by molar-refractivity contribution is 7.90. The number of hydrogen-bond acceptors (Lipinski definition) is 4. The molecule has 0 atom stereocenters. The molecule has 0 aromatic heterocycles. The maximum absolute atomic E-state index is 11.4. The minimum Gasteiger partial charge on any atom is -0.380 e. The summed E-state index contributed by atoms with van der Waals surface area (Å²) in [4.78, 5) is 11.3. The Morgan fingerprint density at radius 2 is 2.13 bits per heavy atom. The average Bonchev–Trinajstić information content (AvgIpc) is 2.38. The standard InChI is InChI=1S/C9H9NO4S/c1-14-5-6-2-3-7-8(4-6)15(12,13)10-9(7)11/h2-4H,5H2,1H3,(H,10,11). The van der Waals surface area contributed by atoms with Gasteiger partial charge in [-0.3, -0.25) is 4.79 Å². The lowest BCUT2D eigenvalue weighted by Crippen LogP contribution is -2.20. The Bertz CT molecular complexity index is 521. The van der Waals surface area contributed by atoms with Crippen molar-refractivity contribution in [3.63, 3.8) is 0 Å². The highest BCUT2D eigenvalue weighted by Crippen LogP contribution is 2.23. The Hall–Kier alpha value is -1.40. The lowest BCUT2D eigenvalue weighted by atomic mass is 10.1. The topological polar surface area (TPSA) is 72.5 Å².